The summed E-state index contributed by atoms with van der Waals surface area (Å²) in [6, 6.07) is 4.72. The molecule has 8 nitrogen and oxygen atoms in total. The average molecular weight is 428 g/mol. The number of aromatic nitrogens is 2. The molecule has 0 atom stereocenters. The number of aryl methyl sites for hydroxylation is 2. The number of alkyl halides is 2. The Hall–Kier alpha value is -3.27. The molecule has 0 fully saturated rings. The van der Waals surface area contributed by atoms with Crippen molar-refractivity contribution in [2.24, 2.45) is 7.05 Å². The number of nitrogens with zero attached hydrogens (tertiary/aromatic N) is 2. The van der Waals surface area contributed by atoms with Crippen LogP contribution in [0.5, 0.6) is 5.75 Å². The lowest BCUT2D eigenvalue weighted by molar-refractivity contribution is -0.143. The van der Waals surface area contributed by atoms with Gasteiger partial charge >= 0.3 is 12.6 Å². The first kappa shape index (κ1) is 22.0. The van der Waals surface area contributed by atoms with Gasteiger partial charge in [-0.3, -0.25) is 19.6 Å². The van der Waals surface area contributed by atoms with E-state index in [9.17, 15) is 23.2 Å². The number of benzene rings is 1. The first-order valence-corrected chi connectivity index (χ1v) is 8.48. The minimum absolute atomic E-state index is 0.0351. The van der Waals surface area contributed by atoms with Gasteiger partial charge in [-0.1, -0.05) is 11.6 Å². The molecule has 1 N–H and O–H groups in total. The predicted octanol–water partition coefficient (Wildman–Crippen LogP) is 2.50. The van der Waals surface area contributed by atoms with Crippen molar-refractivity contribution >= 4 is 35.5 Å². The zero-order valence-corrected chi connectivity index (χ0v) is 16.1. The van der Waals surface area contributed by atoms with Crippen LogP contribution in [0.3, 0.4) is 0 Å². The topological polar surface area (TPSA) is 99.5 Å². The number of carbonyl (C=O) groups is 3. The summed E-state index contributed by atoms with van der Waals surface area (Å²) in [4.78, 5) is 35.4. The zero-order valence-electron chi connectivity index (χ0n) is 15.3. The second-order valence-electron chi connectivity index (χ2n) is 5.63. The molecule has 154 valence electrons. The van der Waals surface area contributed by atoms with Crippen molar-refractivity contribution in [1.29, 1.82) is 0 Å². The maximum absolute atomic E-state index is 12.1. The highest BCUT2D eigenvalue weighted by Gasteiger charge is 2.13. The second kappa shape index (κ2) is 9.78. The summed E-state index contributed by atoms with van der Waals surface area (Å²) < 4.78 is 34.5. The third-order valence-corrected chi connectivity index (χ3v) is 3.97. The van der Waals surface area contributed by atoms with Crippen LogP contribution < -0.4 is 10.1 Å². The molecule has 2 rings (SSSR count). The van der Waals surface area contributed by atoms with Crippen molar-refractivity contribution in [2.75, 3.05) is 6.61 Å². The van der Waals surface area contributed by atoms with E-state index in [1.165, 1.54) is 22.9 Å². The number of hydrogen-bond acceptors (Lipinski definition) is 6. The van der Waals surface area contributed by atoms with Crippen LogP contribution in [0.25, 0.3) is 6.08 Å². The van der Waals surface area contributed by atoms with Gasteiger partial charge in [0.05, 0.1) is 5.69 Å². The summed E-state index contributed by atoms with van der Waals surface area (Å²) in [5.74, 6) is -2.60. The van der Waals surface area contributed by atoms with Crippen LogP contribution in [0.15, 0.2) is 30.3 Å². The lowest BCUT2D eigenvalue weighted by Crippen LogP contribution is -2.34. The molecule has 0 saturated heterocycles. The Bertz CT molecular complexity index is 942. The normalized spacial score (nSPS) is 11.0. The first-order valence-electron chi connectivity index (χ1n) is 8.10. The van der Waals surface area contributed by atoms with Gasteiger partial charge in [-0.25, -0.2) is 4.79 Å². The molecule has 1 aromatic carbocycles. The van der Waals surface area contributed by atoms with E-state index in [-0.39, 0.29) is 11.3 Å². The fourth-order valence-electron chi connectivity index (χ4n) is 2.19. The highest BCUT2D eigenvalue weighted by atomic mass is 35.5. The summed E-state index contributed by atoms with van der Waals surface area (Å²) in [5, 5.41) is 6.42. The number of rotatable bonds is 7. The molecule has 2 aromatic rings. The summed E-state index contributed by atoms with van der Waals surface area (Å²) >= 11 is 6.03. The SMILES string of the molecule is Cc1nn(C)c(Cl)c1/C=C/C(=O)OCC(=O)NC(=O)c1ccc(OC(F)F)cc1. The number of amides is 2. The van der Waals surface area contributed by atoms with Crippen molar-refractivity contribution in [3.8, 4) is 5.75 Å². The van der Waals surface area contributed by atoms with Gasteiger partial charge in [0.15, 0.2) is 6.61 Å². The fraction of sp³-hybridized carbons (Fsp3) is 0.222. The maximum atomic E-state index is 12.1. The summed E-state index contributed by atoms with van der Waals surface area (Å²) in [6.45, 7) is -1.97. The molecule has 0 bridgehead atoms. The molecule has 0 aliphatic rings. The molecule has 1 aromatic heterocycles. The van der Waals surface area contributed by atoms with Gasteiger partial charge in [0.2, 0.25) is 0 Å². The Balaban J connectivity index is 1.83. The third kappa shape index (κ3) is 6.39. The molecule has 29 heavy (non-hydrogen) atoms. The molecule has 1 heterocycles. The van der Waals surface area contributed by atoms with Gasteiger partial charge in [-0.2, -0.15) is 13.9 Å². The van der Waals surface area contributed by atoms with Gasteiger partial charge in [-0.15, -0.1) is 0 Å². The third-order valence-electron chi connectivity index (χ3n) is 3.52. The van der Waals surface area contributed by atoms with Crippen LogP contribution in [0.2, 0.25) is 5.15 Å². The zero-order chi connectivity index (χ0) is 21.6. The van der Waals surface area contributed by atoms with Gasteiger partial charge in [0.25, 0.3) is 11.8 Å². The van der Waals surface area contributed by atoms with Gasteiger partial charge in [0, 0.05) is 24.3 Å². The van der Waals surface area contributed by atoms with Gasteiger partial charge in [0.1, 0.15) is 10.9 Å². The Morgan fingerprint density at radius 2 is 1.93 bits per heavy atom. The van der Waals surface area contributed by atoms with Crippen LogP contribution in [0.4, 0.5) is 8.78 Å². The molecular weight excluding hydrogens is 412 g/mol. The Kier molecular flexibility index (Phi) is 7.43. The molecule has 0 saturated carbocycles. The largest absolute Gasteiger partial charge is 0.452 e. The van der Waals surface area contributed by atoms with Crippen LogP contribution >= 0.6 is 11.6 Å². The Morgan fingerprint density at radius 1 is 1.28 bits per heavy atom. The standard InChI is InChI=1S/C18H16ClF2N3O5/c1-10-13(16(19)24(2)23-10)7-8-15(26)28-9-14(25)22-17(27)11-3-5-12(6-4-11)29-18(20)21/h3-8,18H,9H2,1-2H3,(H,22,25,27)/b8-7+. The van der Waals surface area contributed by atoms with Crippen LogP contribution in [-0.4, -0.2) is 40.8 Å². The molecule has 0 radical (unpaired) electrons. The van der Waals surface area contributed by atoms with E-state index in [1.807, 2.05) is 5.32 Å². The lowest BCUT2D eigenvalue weighted by atomic mass is 10.2. The smallest absolute Gasteiger partial charge is 0.387 e. The number of nitrogens with one attached hydrogen (secondary N) is 1. The number of ether oxygens (including phenoxy) is 2. The highest BCUT2D eigenvalue weighted by Crippen LogP contribution is 2.20. The van der Waals surface area contributed by atoms with Crippen molar-refractivity contribution in [3.63, 3.8) is 0 Å². The van der Waals surface area contributed by atoms with Crippen molar-refractivity contribution in [1.82, 2.24) is 15.1 Å². The van der Waals surface area contributed by atoms with Crippen molar-refractivity contribution < 1.29 is 32.6 Å². The van der Waals surface area contributed by atoms with Gasteiger partial charge in [-0.05, 0) is 37.3 Å². The quantitative estimate of drug-likeness (QED) is 0.538. The van der Waals surface area contributed by atoms with E-state index in [4.69, 9.17) is 16.3 Å². The molecule has 0 spiro atoms. The number of halogens is 3. The number of hydrogen-bond donors (Lipinski definition) is 1. The molecule has 0 unspecified atom stereocenters. The van der Waals surface area contributed by atoms with E-state index in [2.05, 4.69) is 9.84 Å². The first-order chi connectivity index (χ1) is 13.7. The van der Waals surface area contributed by atoms with Crippen molar-refractivity contribution in [3.05, 3.63) is 52.3 Å². The minimum atomic E-state index is -2.99. The van der Waals surface area contributed by atoms with E-state index >= 15 is 0 Å². The van der Waals surface area contributed by atoms with Crippen molar-refractivity contribution in [2.45, 2.75) is 13.5 Å². The molecule has 2 amide bonds. The molecular formula is C18H16ClF2N3O5. The number of esters is 1. The van der Waals surface area contributed by atoms with Crippen LogP contribution in [0, 0.1) is 6.92 Å². The monoisotopic (exact) mass is 427 g/mol. The predicted molar refractivity (Wildman–Crippen MR) is 98.5 cm³/mol. The second-order valence-corrected chi connectivity index (χ2v) is 5.99. The average Bonchev–Trinajstić information content (AvgIpc) is 2.90. The molecule has 11 heteroatoms. The van der Waals surface area contributed by atoms with E-state index in [0.717, 1.165) is 18.2 Å². The molecule has 0 aliphatic heterocycles. The van der Waals surface area contributed by atoms with Gasteiger partial charge < -0.3 is 9.47 Å². The van der Waals surface area contributed by atoms with E-state index in [0.29, 0.717) is 16.4 Å². The molecule has 0 aliphatic carbocycles. The summed E-state index contributed by atoms with van der Waals surface area (Å²) in [7, 11) is 1.64. The van der Waals surface area contributed by atoms with E-state index < -0.39 is 31.0 Å². The lowest BCUT2D eigenvalue weighted by Gasteiger charge is -2.06. The Morgan fingerprint density at radius 3 is 2.48 bits per heavy atom. The van der Waals surface area contributed by atoms with Crippen LogP contribution in [0.1, 0.15) is 21.6 Å². The number of carbonyl (C=O) groups excluding carboxylic acids is 3. The number of imide groups is 1. The maximum Gasteiger partial charge on any atom is 0.387 e. The minimum Gasteiger partial charge on any atom is -0.452 e. The summed E-state index contributed by atoms with van der Waals surface area (Å²) in [5.41, 5.74) is 1.17. The van der Waals surface area contributed by atoms with E-state index in [1.54, 1.807) is 14.0 Å². The highest BCUT2D eigenvalue weighted by molar-refractivity contribution is 6.31. The summed E-state index contributed by atoms with van der Waals surface area (Å²) in [6.07, 6.45) is 2.48. The van der Waals surface area contributed by atoms with Crippen LogP contribution in [-0.2, 0) is 21.4 Å². The fourth-order valence-corrected chi connectivity index (χ4v) is 2.43. The Labute approximate surface area is 169 Å².